The Labute approximate surface area is 159 Å². The number of rotatable bonds is 5. The molecule has 1 atom stereocenters. The fraction of sp³-hybridized carbons (Fsp3) is 0.650. The van der Waals surface area contributed by atoms with Gasteiger partial charge in [-0.2, -0.15) is 0 Å². The second-order valence-corrected chi connectivity index (χ2v) is 9.02. The zero-order valence-electron chi connectivity index (χ0n) is 15.6. The highest BCUT2D eigenvalue weighted by Gasteiger charge is 2.32. The number of benzene rings is 1. The van der Waals surface area contributed by atoms with E-state index in [-0.39, 0.29) is 12.1 Å². The molecule has 1 fully saturated rings. The smallest absolute Gasteiger partial charge is 0.111 e. The summed E-state index contributed by atoms with van der Waals surface area (Å²) in [5.41, 5.74) is 2.40. The number of hydrogen-bond donors (Lipinski definition) is 1. The number of halogens is 1. The average molecular weight is 408 g/mol. The Morgan fingerprint density at radius 1 is 1.28 bits per heavy atom. The Morgan fingerprint density at radius 2 is 2.08 bits per heavy atom. The zero-order chi connectivity index (χ0) is 18.0. The Kier molecular flexibility index (Phi) is 5.86. The van der Waals surface area contributed by atoms with Gasteiger partial charge in [-0.05, 0) is 64.8 Å². The monoisotopic (exact) mass is 407 g/mol. The van der Waals surface area contributed by atoms with E-state index in [4.69, 9.17) is 4.98 Å². The van der Waals surface area contributed by atoms with Gasteiger partial charge in [0.25, 0.3) is 0 Å². The van der Waals surface area contributed by atoms with Crippen molar-refractivity contribution in [3.05, 3.63) is 28.5 Å². The third-order valence-corrected chi connectivity index (χ3v) is 5.73. The number of aliphatic hydroxyl groups excluding tert-OH is 1. The Bertz CT molecular complexity index is 720. The standard InChI is InChI=1S/C20H30BrN3O/c1-20(2,3)24-11-5-4-7-16(24)14-19-22-17-13-15(21)8-9-18(17)23(19)10-6-12-25/h8-9,13,16,25H,4-7,10-12,14H2,1-3H3. The van der Waals surface area contributed by atoms with Crippen molar-refractivity contribution in [2.24, 2.45) is 0 Å². The summed E-state index contributed by atoms with van der Waals surface area (Å²) < 4.78 is 3.38. The third-order valence-electron chi connectivity index (χ3n) is 5.24. The van der Waals surface area contributed by atoms with E-state index in [1.165, 1.54) is 31.3 Å². The van der Waals surface area contributed by atoms with Crippen LogP contribution >= 0.6 is 15.9 Å². The molecule has 1 aromatic carbocycles. The van der Waals surface area contributed by atoms with Gasteiger partial charge < -0.3 is 9.67 Å². The van der Waals surface area contributed by atoms with E-state index in [0.29, 0.717) is 6.04 Å². The fourth-order valence-electron chi connectivity index (χ4n) is 4.09. The van der Waals surface area contributed by atoms with Gasteiger partial charge in [0.1, 0.15) is 5.82 Å². The summed E-state index contributed by atoms with van der Waals surface area (Å²) in [6.45, 7) is 9.17. The van der Waals surface area contributed by atoms with Crippen molar-refractivity contribution in [1.82, 2.24) is 14.5 Å². The van der Waals surface area contributed by atoms with Gasteiger partial charge in [0.05, 0.1) is 11.0 Å². The topological polar surface area (TPSA) is 41.3 Å². The predicted octanol–water partition coefficient (Wildman–Crippen LogP) is 4.38. The molecule has 1 aromatic heterocycles. The number of imidazole rings is 1. The lowest BCUT2D eigenvalue weighted by molar-refractivity contribution is 0.0503. The quantitative estimate of drug-likeness (QED) is 0.799. The minimum Gasteiger partial charge on any atom is -0.396 e. The lowest BCUT2D eigenvalue weighted by Gasteiger charge is -2.44. The average Bonchev–Trinajstić information content (AvgIpc) is 2.88. The van der Waals surface area contributed by atoms with E-state index in [1.54, 1.807) is 0 Å². The number of hydrogen-bond acceptors (Lipinski definition) is 3. The first-order valence-corrected chi connectivity index (χ1v) is 10.2. The molecule has 0 amide bonds. The van der Waals surface area contributed by atoms with Crippen LogP contribution in [0.1, 0.15) is 52.3 Å². The number of nitrogens with zero attached hydrogens (tertiary/aromatic N) is 3. The molecule has 2 aromatic rings. The van der Waals surface area contributed by atoms with Crippen molar-refractivity contribution in [1.29, 1.82) is 0 Å². The van der Waals surface area contributed by atoms with Crippen LogP contribution < -0.4 is 0 Å². The van der Waals surface area contributed by atoms with Crippen LogP contribution in [0, 0.1) is 0 Å². The first-order chi connectivity index (χ1) is 11.9. The number of aromatic nitrogens is 2. The molecule has 1 N–H and O–H groups in total. The molecular weight excluding hydrogens is 378 g/mol. The molecule has 138 valence electrons. The molecule has 2 heterocycles. The van der Waals surface area contributed by atoms with Gasteiger partial charge >= 0.3 is 0 Å². The molecule has 4 nitrogen and oxygen atoms in total. The van der Waals surface area contributed by atoms with Crippen LogP contribution in [-0.2, 0) is 13.0 Å². The van der Waals surface area contributed by atoms with Crippen LogP contribution in [0.3, 0.4) is 0 Å². The summed E-state index contributed by atoms with van der Waals surface area (Å²) in [6, 6.07) is 6.85. The fourth-order valence-corrected chi connectivity index (χ4v) is 4.44. The van der Waals surface area contributed by atoms with Crippen molar-refractivity contribution >= 4 is 27.0 Å². The van der Waals surface area contributed by atoms with Crippen LogP contribution in [0.4, 0.5) is 0 Å². The van der Waals surface area contributed by atoms with Gasteiger partial charge in [-0.1, -0.05) is 22.4 Å². The summed E-state index contributed by atoms with van der Waals surface area (Å²) in [6.07, 6.45) is 5.59. The molecule has 3 rings (SSSR count). The molecule has 0 spiro atoms. The van der Waals surface area contributed by atoms with Crippen molar-refractivity contribution in [3.8, 4) is 0 Å². The lowest BCUT2D eigenvalue weighted by Crippen LogP contribution is -2.51. The molecule has 1 saturated heterocycles. The summed E-state index contributed by atoms with van der Waals surface area (Å²) >= 11 is 3.56. The molecule has 0 bridgehead atoms. The second-order valence-electron chi connectivity index (χ2n) is 8.11. The number of aliphatic hydroxyl groups is 1. The molecule has 25 heavy (non-hydrogen) atoms. The van der Waals surface area contributed by atoms with Gasteiger partial charge in [0, 0.05) is 35.6 Å². The van der Waals surface area contributed by atoms with E-state index in [9.17, 15) is 5.11 Å². The number of piperidine rings is 1. The number of fused-ring (bicyclic) bond motifs is 1. The minimum atomic E-state index is 0.191. The molecule has 1 unspecified atom stereocenters. The van der Waals surface area contributed by atoms with Gasteiger partial charge in [-0.3, -0.25) is 4.90 Å². The normalized spacial score (nSPS) is 19.6. The van der Waals surface area contributed by atoms with Gasteiger partial charge in [0.15, 0.2) is 0 Å². The van der Waals surface area contributed by atoms with Crippen LogP contribution in [0.25, 0.3) is 11.0 Å². The highest BCUT2D eigenvalue weighted by Crippen LogP contribution is 2.29. The maximum atomic E-state index is 9.29. The second kappa shape index (κ2) is 7.77. The van der Waals surface area contributed by atoms with Gasteiger partial charge in [-0.15, -0.1) is 0 Å². The van der Waals surface area contributed by atoms with Crippen molar-refractivity contribution in [2.45, 2.75) is 71.0 Å². The molecule has 1 aliphatic rings. The van der Waals surface area contributed by atoms with Gasteiger partial charge in [0.2, 0.25) is 0 Å². The minimum absolute atomic E-state index is 0.191. The molecule has 0 saturated carbocycles. The molecular formula is C20H30BrN3O. The largest absolute Gasteiger partial charge is 0.396 e. The van der Waals surface area contributed by atoms with E-state index in [0.717, 1.165) is 35.2 Å². The van der Waals surface area contributed by atoms with Crippen LogP contribution in [0.5, 0.6) is 0 Å². The highest BCUT2D eigenvalue weighted by molar-refractivity contribution is 9.10. The predicted molar refractivity (Wildman–Crippen MR) is 107 cm³/mol. The third kappa shape index (κ3) is 4.26. The maximum absolute atomic E-state index is 9.29. The highest BCUT2D eigenvalue weighted by atomic mass is 79.9. The maximum Gasteiger partial charge on any atom is 0.111 e. The number of likely N-dealkylation sites (tertiary alicyclic amines) is 1. The Balaban J connectivity index is 1.93. The van der Waals surface area contributed by atoms with Crippen molar-refractivity contribution < 1.29 is 5.11 Å². The lowest BCUT2D eigenvalue weighted by atomic mass is 9.92. The molecule has 1 aliphatic heterocycles. The Hall–Kier alpha value is -0.910. The SMILES string of the molecule is CC(C)(C)N1CCCCC1Cc1nc2cc(Br)ccc2n1CCCO. The van der Waals surface area contributed by atoms with E-state index in [2.05, 4.69) is 64.4 Å². The van der Waals surface area contributed by atoms with Crippen molar-refractivity contribution in [3.63, 3.8) is 0 Å². The molecule has 0 aliphatic carbocycles. The summed E-state index contributed by atoms with van der Waals surface area (Å²) in [5, 5.41) is 9.29. The summed E-state index contributed by atoms with van der Waals surface area (Å²) in [5.74, 6) is 1.16. The Morgan fingerprint density at radius 3 is 2.80 bits per heavy atom. The van der Waals surface area contributed by atoms with Crippen molar-refractivity contribution in [2.75, 3.05) is 13.2 Å². The van der Waals surface area contributed by atoms with Gasteiger partial charge in [-0.25, -0.2) is 4.98 Å². The van der Waals surface area contributed by atoms with Crippen LogP contribution in [0.15, 0.2) is 22.7 Å². The summed E-state index contributed by atoms with van der Waals surface area (Å²) in [7, 11) is 0. The summed E-state index contributed by atoms with van der Waals surface area (Å²) in [4.78, 5) is 7.62. The molecule has 0 radical (unpaired) electrons. The molecule has 5 heteroatoms. The van der Waals surface area contributed by atoms with E-state index in [1.807, 2.05) is 0 Å². The zero-order valence-corrected chi connectivity index (χ0v) is 17.2. The van der Waals surface area contributed by atoms with Crippen LogP contribution in [0.2, 0.25) is 0 Å². The number of aryl methyl sites for hydroxylation is 1. The van der Waals surface area contributed by atoms with E-state index < -0.39 is 0 Å². The van der Waals surface area contributed by atoms with E-state index >= 15 is 0 Å². The first kappa shape index (κ1) is 18.9. The first-order valence-electron chi connectivity index (χ1n) is 9.42. The van der Waals surface area contributed by atoms with Crippen LogP contribution in [-0.4, -0.2) is 44.3 Å².